The minimum absolute atomic E-state index is 0.174. The molecule has 4 nitrogen and oxygen atoms in total. The molecule has 1 N–H and O–H groups in total. The molecule has 1 aliphatic rings. The molecule has 0 amide bonds. The van der Waals surface area contributed by atoms with Crippen molar-refractivity contribution >= 4 is 5.69 Å². The molecule has 0 spiro atoms. The number of β-amino-alcohol motifs (C(OH)–C–C–N with tert-alkyl or cyclic N) is 1. The van der Waals surface area contributed by atoms with Gasteiger partial charge in [-0.05, 0) is 30.7 Å². The maximum Gasteiger partial charge on any atom is 0.119 e. The van der Waals surface area contributed by atoms with Crippen LogP contribution in [0.4, 0.5) is 5.69 Å². The zero-order chi connectivity index (χ0) is 14.4. The van der Waals surface area contributed by atoms with E-state index in [-0.39, 0.29) is 6.10 Å². The Hall–Kier alpha value is -1.26. The summed E-state index contributed by atoms with van der Waals surface area (Å²) in [5.74, 6) is 0.898. The Morgan fingerprint density at radius 2 is 1.80 bits per heavy atom. The lowest BCUT2D eigenvalue weighted by Gasteiger charge is -2.37. The number of aliphatic hydroxyl groups is 1. The summed E-state index contributed by atoms with van der Waals surface area (Å²) in [6.07, 6.45) is 1.78. The van der Waals surface area contributed by atoms with Crippen LogP contribution in [0.25, 0.3) is 0 Å². The minimum atomic E-state index is -0.174. The molecule has 0 saturated carbocycles. The van der Waals surface area contributed by atoms with E-state index in [0.29, 0.717) is 0 Å². The molecular weight excluding hydrogens is 252 g/mol. The van der Waals surface area contributed by atoms with Gasteiger partial charge in [0.25, 0.3) is 0 Å². The first kappa shape index (κ1) is 15.1. The number of nitrogens with zero attached hydrogens (tertiary/aromatic N) is 2. The zero-order valence-electron chi connectivity index (χ0n) is 12.6. The topological polar surface area (TPSA) is 35.9 Å². The molecule has 0 radical (unpaired) electrons. The highest BCUT2D eigenvalue weighted by atomic mass is 16.5. The molecule has 4 heteroatoms. The van der Waals surface area contributed by atoms with E-state index < -0.39 is 0 Å². The Kier molecular flexibility index (Phi) is 5.68. The van der Waals surface area contributed by atoms with Crippen LogP contribution in [-0.4, -0.2) is 55.9 Å². The molecule has 1 atom stereocenters. The van der Waals surface area contributed by atoms with Crippen molar-refractivity contribution in [1.29, 1.82) is 0 Å². The number of piperazine rings is 1. The Morgan fingerprint density at radius 3 is 2.35 bits per heavy atom. The number of ether oxygens (including phenoxy) is 1. The Labute approximate surface area is 122 Å². The van der Waals surface area contributed by atoms with Gasteiger partial charge in [-0.2, -0.15) is 0 Å². The van der Waals surface area contributed by atoms with E-state index in [0.717, 1.165) is 51.3 Å². The minimum Gasteiger partial charge on any atom is -0.497 e. The molecule has 1 unspecified atom stereocenters. The molecule has 1 fully saturated rings. The largest absolute Gasteiger partial charge is 0.497 e. The van der Waals surface area contributed by atoms with Crippen molar-refractivity contribution in [1.82, 2.24) is 4.90 Å². The van der Waals surface area contributed by atoms with Crippen LogP contribution in [0.1, 0.15) is 19.8 Å². The lowest BCUT2D eigenvalue weighted by Crippen LogP contribution is -2.48. The summed E-state index contributed by atoms with van der Waals surface area (Å²) in [5.41, 5.74) is 1.25. The lowest BCUT2D eigenvalue weighted by atomic mass is 10.2. The van der Waals surface area contributed by atoms with Gasteiger partial charge in [-0.15, -0.1) is 0 Å². The van der Waals surface area contributed by atoms with Crippen molar-refractivity contribution in [3.63, 3.8) is 0 Å². The van der Waals surface area contributed by atoms with E-state index in [9.17, 15) is 5.11 Å². The Bertz CT molecular complexity index is 386. The number of rotatable bonds is 6. The summed E-state index contributed by atoms with van der Waals surface area (Å²) >= 11 is 0. The van der Waals surface area contributed by atoms with Crippen molar-refractivity contribution in [2.24, 2.45) is 0 Å². The normalized spacial score (nSPS) is 18.1. The quantitative estimate of drug-likeness (QED) is 0.863. The number of anilines is 1. The molecule has 20 heavy (non-hydrogen) atoms. The molecule has 0 bridgehead atoms. The second kappa shape index (κ2) is 7.50. The monoisotopic (exact) mass is 278 g/mol. The summed E-state index contributed by atoms with van der Waals surface area (Å²) in [7, 11) is 1.69. The van der Waals surface area contributed by atoms with Gasteiger partial charge in [-0.1, -0.05) is 13.3 Å². The zero-order valence-corrected chi connectivity index (χ0v) is 12.6. The van der Waals surface area contributed by atoms with Gasteiger partial charge in [0.2, 0.25) is 0 Å². The van der Waals surface area contributed by atoms with E-state index in [1.807, 2.05) is 12.1 Å². The van der Waals surface area contributed by atoms with Gasteiger partial charge >= 0.3 is 0 Å². The van der Waals surface area contributed by atoms with Gasteiger partial charge in [-0.3, -0.25) is 4.90 Å². The van der Waals surface area contributed by atoms with Crippen LogP contribution >= 0.6 is 0 Å². The number of hydrogen-bond acceptors (Lipinski definition) is 4. The fourth-order valence-electron chi connectivity index (χ4n) is 2.70. The summed E-state index contributed by atoms with van der Waals surface area (Å²) in [6.45, 7) is 7.01. The van der Waals surface area contributed by atoms with Crippen molar-refractivity contribution < 1.29 is 9.84 Å². The molecule has 1 aromatic rings. The first-order chi connectivity index (χ1) is 9.72. The molecule has 1 heterocycles. The SMILES string of the molecule is CCCC(O)CN1CCN(c2ccc(OC)cc2)CC1. The van der Waals surface area contributed by atoms with Crippen LogP contribution < -0.4 is 9.64 Å². The highest BCUT2D eigenvalue weighted by Crippen LogP contribution is 2.20. The third-order valence-electron chi connectivity index (χ3n) is 3.90. The second-order valence-corrected chi connectivity index (χ2v) is 5.43. The molecule has 112 valence electrons. The van der Waals surface area contributed by atoms with Gasteiger partial charge in [0.05, 0.1) is 13.2 Å². The van der Waals surface area contributed by atoms with Crippen molar-refractivity contribution in [3.05, 3.63) is 24.3 Å². The molecule has 1 aliphatic heterocycles. The highest BCUT2D eigenvalue weighted by Gasteiger charge is 2.19. The summed E-state index contributed by atoms with van der Waals surface area (Å²) < 4.78 is 5.19. The van der Waals surface area contributed by atoms with Gasteiger partial charge in [0, 0.05) is 38.4 Å². The molecule has 1 aromatic carbocycles. The van der Waals surface area contributed by atoms with E-state index >= 15 is 0 Å². The maximum absolute atomic E-state index is 9.87. The smallest absolute Gasteiger partial charge is 0.119 e. The fraction of sp³-hybridized carbons (Fsp3) is 0.625. The van der Waals surface area contributed by atoms with E-state index in [4.69, 9.17) is 4.74 Å². The average molecular weight is 278 g/mol. The maximum atomic E-state index is 9.87. The number of benzene rings is 1. The first-order valence-corrected chi connectivity index (χ1v) is 7.52. The third kappa shape index (κ3) is 4.12. The number of hydrogen-bond donors (Lipinski definition) is 1. The highest BCUT2D eigenvalue weighted by molar-refractivity contribution is 5.49. The van der Waals surface area contributed by atoms with Gasteiger partial charge in [0.1, 0.15) is 5.75 Å². The van der Waals surface area contributed by atoms with Crippen LogP contribution in [-0.2, 0) is 0 Å². The van der Waals surface area contributed by atoms with Crippen LogP contribution in [0.2, 0.25) is 0 Å². The molecule has 0 aromatic heterocycles. The summed E-state index contributed by atoms with van der Waals surface area (Å²) in [6, 6.07) is 8.24. The van der Waals surface area contributed by atoms with Crippen LogP contribution in [0.3, 0.4) is 0 Å². The van der Waals surface area contributed by atoms with Crippen LogP contribution in [0.15, 0.2) is 24.3 Å². The van der Waals surface area contributed by atoms with Gasteiger partial charge in [0.15, 0.2) is 0 Å². The van der Waals surface area contributed by atoms with Gasteiger partial charge < -0.3 is 14.7 Å². The molecule has 2 rings (SSSR count). The molecule has 0 aliphatic carbocycles. The van der Waals surface area contributed by atoms with E-state index in [2.05, 4.69) is 28.9 Å². The van der Waals surface area contributed by atoms with Gasteiger partial charge in [-0.25, -0.2) is 0 Å². The van der Waals surface area contributed by atoms with Crippen molar-refractivity contribution in [2.75, 3.05) is 44.7 Å². The number of methoxy groups -OCH3 is 1. The summed E-state index contributed by atoms with van der Waals surface area (Å²) in [5, 5.41) is 9.87. The lowest BCUT2D eigenvalue weighted by molar-refractivity contribution is 0.101. The Morgan fingerprint density at radius 1 is 1.15 bits per heavy atom. The van der Waals surface area contributed by atoms with Crippen LogP contribution in [0.5, 0.6) is 5.75 Å². The standard InChI is InChI=1S/C16H26N2O2/c1-3-4-15(19)13-17-9-11-18(12-10-17)14-5-7-16(20-2)8-6-14/h5-8,15,19H,3-4,9-13H2,1-2H3. The van der Waals surface area contributed by atoms with Crippen molar-refractivity contribution in [3.8, 4) is 5.75 Å². The molecule has 1 saturated heterocycles. The van der Waals surface area contributed by atoms with Crippen molar-refractivity contribution in [2.45, 2.75) is 25.9 Å². The Balaban J connectivity index is 1.81. The third-order valence-corrected chi connectivity index (χ3v) is 3.90. The number of aliphatic hydroxyl groups excluding tert-OH is 1. The van der Waals surface area contributed by atoms with Crippen LogP contribution in [0, 0.1) is 0 Å². The predicted octanol–water partition coefficient (Wildman–Crippen LogP) is 1.98. The fourth-order valence-corrected chi connectivity index (χ4v) is 2.70. The molecular formula is C16H26N2O2. The first-order valence-electron chi connectivity index (χ1n) is 7.52. The van der Waals surface area contributed by atoms with E-state index in [1.54, 1.807) is 7.11 Å². The predicted molar refractivity (Wildman–Crippen MR) is 82.6 cm³/mol. The second-order valence-electron chi connectivity index (χ2n) is 5.43. The summed E-state index contributed by atoms with van der Waals surface area (Å²) in [4.78, 5) is 4.75. The van der Waals surface area contributed by atoms with E-state index in [1.165, 1.54) is 5.69 Å². The average Bonchev–Trinajstić information content (AvgIpc) is 2.48.